The van der Waals surface area contributed by atoms with Gasteiger partial charge in [-0.05, 0) is 26.1 Å². The van der Waals surface area contributed by atoms with Gasteiger partial charge in [0.05, 0.1) is 5.56 Å². The minimum Gasteiger partial charge on any atom is -0.397 e. The molecule has 1 heterocycles. The number of hydrogen-bond acceptors (Lipinski definition) is 2. The summed E-state index contributed by atoms with van der Waals surface area (Å²) in [4.78, 5) is 13.5. The first-order chi connectivity index (χ1) is 7.24. The molecule has 0 aliphatic carbocycles. The van der Waals surface area contributed by atoms with E-state index in [1.54, 1.807) is 18.8 Å². The van der Waals surface area contributed by atoms with E-state index in [1.807, 2.05) is 24.3 Å². The van der Waals surface area contributed by atoms with Crippen LogP contribution in [0.5, 0.6) is 0 Å². The van der Waals surface area contributed by atoms with Crippen LogP contribution in [0.25, 0.3) is 0 Å². The van der Waals surface area contributed by atoms with Gasteiger partial charge in [0.15, 0.2) is 0 Å². The van der Waals surface area contributed by atoms with Crippen LogP contribution in [0, 0.1) is 11.7 Å². The Hall–Kier alpha value is -1.89. The molecule has 1 aromatic carbocycles. The first kappa shape index (κ1) is 9.66. The second kappa shape index (κ2) is 3.70. The van der Waals surface area contributed by atoms with Crippen LogP contribution < -0.4 is 5.23 Å². The van der Waals surface area contributed by atoms with E-state index in [-0.39, 0.29) is 12.9 Å². The van der Waals surface area contributed by atoms with Gasteiger partial charge in [0.1, 0.15) is 0 Å². The smallest absolute Gasteiger partial charge is 0.397 e. The van der Waals surface area contributed by atoms with Crippen molar-refractivity contribution in [3.8, 4) is 11.7 Å². The van der Waals surface area contributed by atoms with Gasteiger partial charge in [0.25, 0.3) is 0 Å². The molecule has 3 nitrogen and oxygen atoms in total. The van der Waals surface area contributed by atoms with E-state index in [9.17, 15) is 4.79 Å². The zero-order valence-corrected chi connectivity index (χ0v) is 8.74. The Labute approximate surface area is 89.6 Å². The molecule has 0 unspecified atom stereocenters. The van der Waals surface area contributed by atoms with Gasteiger partial charge in [-0.25, -0.2) is 0 Å². The van der Waals surface area contributed by atoms with Gasteiger partial charge in [-0.3, -0.25) is 4.79 Å². The number of anilines is 1. The largest absolute Gasteiger partial charge is 0.465 e. The molecule has 0 atom stereocenters. The summed E-state index contributed by atoms with van der Waals surface area (Å²) < 4.78 is 0. The number of benzene rings is 1. The molecule has 4 heteroatoms. The molecule has 0 bridgehead atoms. The molecule has 0 fully saturated rings. The molecular weight excluding hydrogens is 187 g/mol. The highest BCUT2D eigenvalue weighted by atomic mass is 16.2. The lowest BCUT2D eigenvalue weighted by Crippen LogP contribution is -2.49. The molecule has 1 aliphatic heterocycles. The van der Waals surface area contributed by atoms with E-state index < -0.39 is 0 Å². The van der Waals surface area contributed by atoms with Crippen LogP contribution in [0.2, 0.25) is 0 Å². The Balaban J connectivity index is 2.44. The summed E-state index contributed by atoms with van der Waals surface area (Å²) in [6.07, 6.45) is 0. The minimum absolute atomic E-state index is 0.0112. The van der Waals surface area contributed by atoms with Crippen molar-refractivity contribution in [3.05, 3.63) is 29.8 Å². The van der Waals surface area contributed by atoms with Crippen LogP contribution in [0.3, 0.4) is 0 Å². The lowest BCUT2D eigenvalue weighted by Gasteiger charge is -2.29. The van der Waals surface area contributed by atoms with E-state index >= 15 is 0 Å². The normalized spacial score (nSPS) is 13.9. The maximum absolute atomic E-state index is 11.9. The van der Waals surface area contributed by atoms with Crippen molar-refractivity contribution in [1.29, 1.82) is 0 Å². The summed E-state index contributed by atoms with van der Waals surface area (Å²) in [5, 5.41) is 3.21. The van der Waals surface area contributed by atoms with E-state index in [1.165, 1.54) is 0 Å². The molecule has 0 spiro atoms. The number of nitrogens with one attached hydrogen (secondary N) is 1. The van der Waals surface area contributed by atoms with Crippen molar-refractivity contribution >= 4 is 18.6 Å². The summed E-state index contributed by atoms with van der Waals surface area (Å²) in [5.74, 6) is 5.77. The highest BCUT2D eigenvalue weighted by molar-refractivity contribution is 6.71. The van der Waals surface area contributed by atoms with E-state index in [0.29, 0.717) is 5.56 Å². The standard InChI is InChI=1S/C11H11BN2O/c1-3-8-12-13-10-7-5-4-6-9(10)11(15)14(12)2/h4-7,13H,1-2H3. The molecule has 0 saturated carbocycles. The minimum atomic E-state index is -0.225. The van der Waals surface area contributed by atoms with Crippen molar-refractivity contribution < 1.29 is 4.79 Å². The summed E-state index contributed by atoms with van der Waals surface area (Å²) in [7, 11) is 1.75. The first-order valence-electron chi connectivity index (χ1n) is 4.79. The van der Waals surface area contributed by atoms with Crippen LogP contribution in [0.4, 0.5) is 5.69 Å². The SMILES string of the molecule is CC#CB1Nc2ccccc2C(=O)N1C. The van der Waals surface area contributed by atoms with Crippen LogP contribution in [0.15, 0.2) is 24.3 Å². The Kier molecular flexibility index (Phi) is 2.38. The molecule has 1 amide bonds. The van der Waals surface area contributed by atoms with Crippen LogP contribution >= 0.6 is 0 Å². The Morgan fingerprint density at radius 3 is 2.87 bits per heavy atom. The zero-order valence-electron chi connectivity index (χ0n) is 8.74. The quantitative estimate of drug-likeness (QED) is 0.502. The third kappa shape index (κ3) is 1.57. The summed E-state index contributed by atoms with van der Waals surface area (Å²) in [5.41, 5.74) is 1.56. The molecule has 2 rings (SSSR count). The molecular formula is C11H11BN2O. The van der Waals surface area contributed by atoms with Crippen LogP contribution in [-0.4, -0.2) is 24.7 Å². The summed E-state index contributed by atoms with van der Waals surface area (Å²) in [6.45, 7) is 1.54. The Bertz CT molecular complexity index is 461. The van der Waals surface area contributed by atoms with Crippen LogP contribution in [0.1, 0.15) is 17.3 Å². The average molecular weight is 198 g/mol. The highest BCUT2D eigenvalue weighted by Gasteiger charge is 2.31. The predicted molar refractivity (Wildman–Crippen MR) is 61.4 cm³/mol. The molecule has 0 saturated heterocycles. The van der Waals surface area contributed by atoms with E-state index in [4.69, 9.17) is 0 Å². The number of fused-ring (bicyclic) bond motifs is 1. The number of para-hydroxylation sites is 1. The van der Waals surface area contributed by atoms with Gasteiger partial charge in [-0.2, -0.15) is 0 Å². The summed E-state index contributed by atoms with van der Waals surface area (Å²) >= 11 is 0. The second-order valence-electron chi connectivity index (χ2n) is 3.40. The molecule has 0 radical (unpaired) electrons. The fourth-order valence-electron chi connectivity index (χ4n) is 1.62. The molecule has 15 heavy (non-hydrogen) atoms. The van der Waals surface area contributed by atoms with Gasteiger partial charge < -0.3 is 10.0 Å². The molecule has 1 N–H and O–H groups in total. The molecule has 74 valence electrons. The number of carbonyl (C=O) groups is 1. The van der Waals surface area contributed by atoms with Crippen LogP contribution in [-0.2, 0) is 0 Å². The summed E-state index contributed by atoms with van der Waals surface area (Å²) in [6, 6.07) is 7.47. The Morgan fingerprint density at radius 1 is 1.40 bits per heavy atom. The van der Waals surface area contributed by atoms with Crippen molar-refractivity contribution in [2.75, 3.05) is 12.3 Å². The number of nitrogens with zero attached hydrogens (tertiary/aromatic N) is 1. The third-order valence-electron chi connectivity index (χ3n) is 2.44. The highest BCUT2D eigenvalue weighted by Crippen LogP contribution is 2.21. The average Bonchev–Trinajstić information content (AvgIpc) is 2.26. The molecule has 0 aromatic heterocycles. The number of carbonyl (C=O) groups excluding carboxylic acids is 1. The number of amides is 1. The van der Waals surface area contributed by atoms with Gasteiger partial charge in [-0.1, -0.05) is 18.0 Å². The zero-order chi connectivity index (χ0) is 10.8. The van der Waals surface area contributed by atoms with Crippen molar-refractivity contribution in [2.24, 2.45) is 0 Å². The third-order valence-corrected chi connectivity index (χ3v) is 2.44. The number of hydrogen-bond donors (Lipinski definition) is 1. The van der Waals surface area contributed by atoms with Crippen molar-refractivity contribution in [3.63, 3.8) is 0 Å². The fraction of sp³-hybridized carbons (Fsp3) is 0.182. The van der Waals surface area contributed by atoms with Gasteiger partial charge in [0.2, 0.25) is 5.91 Å². The van der Waals surface area contributed by atoms with E-state index in [2.05, 4.69) is 17.0 Å². The molecule has 1 aliphatic rings. The second-order valence-corrected chi connectivity index (χ2v) is 3.40. The Morgan fingerprint density at radius 2 is 2.13 bits per heavy atom. The van der Waals surface area contributed by atoms with Gasteiger partial charge in [-0.15, -0.1) is 5.92 Å². The molecule has 1 aromatic rings. The lowest BCUT2D eigenvalue weighted by molar-refractivity contribution is 0.0877. The topological polar surface area (TPSA) is 32.3 Å². The number of rotatable bonds is 0. The van der Waals surface area contributed by atoms with Crippen molar-refractivity contribution in [2.45, 2.75) is 6.92 Å². The lowest BCUT2D eigenvalue weighted by atomic mass is 9.72. The first-order valence-corrected chi connectivity index (χ1v) is 4.79. The van der Waals surface area contributed by atoms with Gasteiger partial charge >= 0.3 is 6.98 Å². The van der Waals surface area contributed by atoms with E-state index in [0.717, 1.165) is 5.69 Å². The van der Waals surface area contributed by atoms with Crippen molar-refractivity contribution in [1.82, 2.24) is 4.81 Å². The monoisotopic (exact) mass is 198 g/mol. The predicted octanol–water partition coefficient (Wildman–Crippen LogP) is 1.23. The maximum Gasteiger partial charge on any atom is 0.465 e. The van der Waals surface area contributed by atoms with Gasteiger partial charge in [0, 0.05) is 5.69 Å². The maximum atomic E-state index is 11.9. The fourth-order valence-corrected chi connectivity index (χ4v) is 1.62.